The summed E-state index contributed by atoms with van der Waals surface area (Å²) in [6.45, 7) is 0.148. The van der Waals surface area contributed by atoms with E-state index >= 15 is 0 Å². The van der Waals surface area contributed by atoms with Gasteiger partial charge < -0.3 is 10.0 Å². The molecule has 5 nitrogen and oxygen atoms in total. The molecule has 0 bridgehead atoms. The van der Waals surface area contributed by atoms with Crippen molar-refractivity contribution < 1.29 is 14.7 Å². The third-order valence-corrected chi connectivity index (χ3v) is 3.37. The molecule has 2 heterocycles. The smallest absolute Gasteiger partial charge is 0.308 e. The number of pyridine rings is 1. The van der Waals surface area contributed by atoms with Crippen LogP contribution in [-0.4, -0.2) is 28.5 Å². The van der Waals surface area contributed by atoms with Gasteiger partial charge in [0.1, 0.15) is 4.60 Å². The first-order valence-electron chi connectivity index (χ1n) is 4.83. The molecule has 0 aliphatic carbocycles. The third kappa shape index (κ3) is 2.42. The van der Waals surface area contributed by atoms with Gasteiger partial charge in [-0.25, -0.2) is 4.98 Å². The minimum absolute atomic E-state index is 0.00822. The molecule has 1 aliphatic heterocycles. The molecule has 1 aliphatic rings. The number of hydrogen-bond acceptors (Lipinski definition) is 3. The molecule has 7 heteroatoms. The molecule has 0 radical (unpaired) electrons. The number of carbonyl (C=O) groups is 2. The number of carbonyl (C=O) groups excluding carboxylic acids is 1. The van der Waals surface area contributed by atoms with Crippen molar-refractivity contribution in [3.05, 3.63) is 21.9 Å². The van der Waals surface area contributed by atoms with E-state index in [4.69, 9.17) is 16.7 Å². The number of nitrogens with zero attached hydrogens (tertiary/aromatic N) is 2. The van der Waals surface area contributed by atoms with Crippen molar-refractivity contribution in [2.45, 2.75) is 6.42 Å². The number of amides is 1. The topological polar surface area (TPSA) is 70.5 Å². The molecule has 0 aromatic carbocycles. The quantitative estimate of drug-likeness (QED) is 0.846. The van der Waals surface area contributed by atoms with E-state index in [1.54, 1.807) is 6.07 Å². The highest BCUT2D eigenvalue weighted by molar-refractivity contribution is 9.10. The molecule has 1 N–H and O–H groups in total. The Kier molecular flexibility index (Phi) is 3.35. The largest absolute Gasteiger partial charge is 0.481 e. The molecule has 2 rings (SSSR count). The summed E-state index contributed by atoms with van der Waals surface area (Å²) in [6, 6.07) is 1.58. The van der Waals surface area contributed by atoms with E-state index in [-0.39, 0.29) is 18.9 Å². The standard InChI is InChI=1S/C10H8BrClN2O3/c11-9-7(2-6(12)3-13-9)14-4-5(10(16)17)1-8(14)15/h2-3,5H,1,4H2,(H,16,17). The van der Waals surface area contributed by atoms with Gasteiger partial charge in [0.15, 0.2) is 0 Å². The summed E-state index contributed by atoms with van der Waals surface area (Å²) in [7, 11) is 0. The number of carboxylic acid groups (broad SMARTS) is 1. The molecule has 1 amide bonds. The zero-order valence-corrected chi connectivity index (χ0v) is 10.9. The lowest BCUT2D eigenvalue weighted by atomic mass is 10.1. The zero-order valence-electron chi connectivity index (χ0n) is 8.56. The van der Waals surface area contributed by atoms with Gasteiger partial charge >= 0.3 is 5.97 Å². The van der Waals surface area contributed by atoms with E-state index in [1.807, 2.05) is 0 Å². The van der Waals surface area contributed by atoms with E-state index in [0.29, 0.717) is 15.3 Å². The monoisotopic (exact) mass is 318 g/mol. The fraction of sp³-hybridized carbons (Fsp3) is 0.300. The zero-order chi connectivity index (χ0) is 12.6. The predicted molar refractivity (Wildman–Crippen MR) is 65.0 cm³/mol. The highest BCUT2D eigenvalue weighted by Crippen LogP contribution is 2.32. The first kappa shape index (κ1) is 12.3. The van der Waals surface area contributed by atoms with Crippen LogP contribution in [-0.2, 0) is 9.59 Å². The minimum Gasteiger partial charge on any atom is -0.481 e. The number of aliphatic carboxylic acids is 1. The molecule has 1 atom stereocenters. The van der Waals surface area contributed by atoms with Crippen molar-refractivity contribution in [2.24, 2.45) is 5.92 Å². The number of rotatable bonds is 2. The van der Waals surface area contributed by atoms with Gasteiger partial charge in [0.05, 0.1) is 16.6 Å². The number of anilines is 1. The maximum absolute atomic E-state index is 11.7. The van der Waals surface area contributed by atoms with Gasteiger partial charge in [0.25, 0.3) is 0 Å². The van der Waals surface area contributed by atoms with Crippen molar-refractivity contribution in [1.82, 2.24) is 4.98 Å². The molecule has 1 aromatic rings. The SMILES string of the molecule is O=C(O)C1CC(=O)N(c2cc(Cl)cnc2Br)C1. The van der Waals surface area contributed by atoms with Crippen molar-refractivity contribution in [3.8, 4) is 0 Å². The molecule has 1 saturated heterocycles. The van der Waals surface area contributed by atoms with E-state index in [9.17, 15) is 9.59 Å². The van der Waals surface area contributed by atoms with Crippen molar-refractivity contribution >= 4 is 45.1 Å². The Morgan fingerprint density at radius 3 is 2.94 bits per heavy atom. The molecular weight excluding hydrogens is 311 g/mol. The molecule has 1 aromatic heterocycles. The molecule has 1 fully saturated rings. The molecule has 17 heavy (non-hydrogen) atoms. The van der Waals surface area contributed by atoms with Crippen LogP contribution in [0.25, 0.3) is 0 Å². The van der Waals surface area contributed by atoms with Crippen LogP contribution < -0.4 is 4.90 Å². The van der Waals surface area contributed by atoms with E-state index in [0.717, 1.165) is 0 Å². The van der Waals surface area contributed by atoms with Gasteiger partial charge in [0.2, 0.25) is 5.91 Å². The van der Waals surface area contributed by atoms with Gasteiger partial charge in [-0.05, 0) is 22.0 Å². The fourth-order valence-electron chi connectivity index (χ4n) is 1.71. The van der Waals surface area contributed by atoms with Crippen molar-refractivity contribution in [3.63, 3.8) is 0 Å². The lowest BCUT2D eigenvalue weighted by Crippen LogP contribution is -2.26. The second kappa shape index (κ2) is 4.62. The lowest BCUT2D eigenvalue weighted by molar-refractivity contribution is -0.141. The maximum Gasteiger partial charge on any atom is 0.308 e. The Morgan fingerprint density at radius 1 is 1.65 bits per heavy atom. The van der Waals surface area contributed by atoms with E-state index in [1.165, 1.54) is 11.1 Å². The second-order valence-corrected chi connectivity index (χ2v) is 4.89. The average molecular weight is 320 g/mol. The van der Waals surface area contributed by atoms with Crippen molar-refractivity contribution in [1.29, 1.82) is 0 Å². The molecular formula is C10H8BrClN2O3. The van der Waals surface area contributed by atoms with Crippen LogP contribution in [0.5, 0.6) is 0 Å². The molecule has 90 valence electrons. The maximum atomic E-state index is 11.7. The lowest BCUT2D eigenvalue weighted by Gasteiger charge is -2.17. The van der Waals surface area contributed by atoms with Gasteiger partial charge in [0, 0.05) is 19.2 Å². The summed E-state index contributed by atoms with van der Waals surface area (Å²) >= 11 is 9.02. The van der Waals surface area contributed by atoms with Crippen LogP contribution in [0, 0.1) is 5.92 Å². The molecule has 1 unspecified atom stereocenters. The third-order valence-electron chi connectivity index (χ3n) is 2.55. The summed E-state index contributed by atoms with van der Waals surface area (Å²) in [5.41, 5.74) is 0.506. The highest BCUT2D eigenvalue weighted by atomic mass is 79.9. The van der Waals surface area contributed by atoms with E-state index < -0.39 is 11.9 Å². The Hall–Kier alpha value is -1.14. The Morgan fingerprint density at radius 2 is 2.35 bits per heavy atom. The number of aromatic nitrogens is 1. The van der Waals surface area contributed by atoms with Gasteiger partial charge in [-0.2, -0.15) is 0 Å². The van der Waals surface area contributed by atoms with Gasteiger partial charge in [-0.15, -0.1) is 0 Å². The molecule has 0 spiro atoms. The summed E-state index contributed by atoms with van der Waals surface area (Å²) in [4.78, 5) is 27.9. The highest BCUT2D eigenvalue weighted by Gasteiger charge is 2.36. The number of carboxylic acids is 1. The first-order chi connectivity index (χ1) is 7.99. The van der Waals surface area contributed by atoms with Crippen LogP contribution in [0.15, 0.2) is 16.9 Å². The van der Waals surface area contributed by atoms with Crippen LogP contribution in [0.3, 0.4) is 0 Å². The van der Waals surface area contributed by atoms with Gasteiger partial charge in [-0.3, -0.25) is 9.59 Å². The average Bonchev–Trinajstić information content (AvgIpc) is 2.64. The summed E-state index contributed by atoms with van der Waals surface area (Å²) < 4.78 is 0.473. The second-order valence-electron chi connectivity index (χ2n) is 3.71. The van der Waals surface area contributed by atoms with Crippen LogP contribution in [0.4, 0.5) is 5.69 Å². The molecule has 0 saturated carbocycles. The van der Waals surface area contributed by atoms with E-state index in [2.05, 4.69) is 20.9 Å². The van der Waals surface area contributed by atoms with Crippen molar-refractivity contribution in [2.75, 3.05) is 11.4 Å². The summed E-state index contributed by atoms with van der Waals surface area (Å²) in [6.07, 6.45) is 1.46. The first-order valence-corrected chi connectivity index (χ1v) is 6.00. The van der Waals surface area contributed by atoms with Crippen LogP contribution >= 0.6 is 27.5 Å². The number of halogens is 2. The fourth-order valence-corrected chi connectivity index (χ4v) is 2.29. The summed E-state index contributed by atoms with van der Waals surface area (Å²) in [5.74, 6) is -1.87. The minimum atomic E-state index is -0.966. The van der Waals surface area contributed by atoms with Crippen LogP contribution in [0.2, 0.25) is 5.02 Å². The Balaban J connectivity index is 2.32. The number of hydrogen-bond donors (Lipinski definition) is 1. The normalized spacial score (nSPS) is 19.8. The predicted octanol–water partition coefficient (Wildman–Crippen LogP) is 1.94. The summed E-state index contributed by atoms with van der Waals surface area (Å²) in [5, 5.41) is 9.29. The van der Waals surface area contributed by atoms with Crippen LogP contribution in [0.1, 0.15) is 6.42 Å². The Labute approximate surface area is 111 Å². The van der Waals surface area contributed by atoms with Gasteiger partial charge in [-0.1, -0.05) is 11.6 Å². The Bertz CT molecular complexity index is 494.